The Hall–Kier alpha value is -6.61. The van der Waals surface area contributed by atoms with Crippen LogP contribution in [0.4, 0.5) is 0 Å². The zero-order valence-corrected chi connectivity index (χ0v) is 23.4. The molecule has 2 heterocycles. The first-order valence-electron chi connectivity index (χ1n) is 14.2. The molecule has 0 aliphatic carbocycles. The van der Waals surface area contributed by atoms with Crippen molar-refractivity contribution in [3.05, 3.63) is 144 Å². The number of aromatic nitrogens is 2. The SMILES string of the molecule is N#Cc1ccc(-n2c3ccccc3c3ccc(-c4cccc5c4c4ccccc4n5-c4ccc(C#N)cc4C#N)cc32)cc1. The predicted molar refractivity (Wildman–Crippen MR) is 175 cm³/mol. The van der Waals surface area contributed by atoms with Gasteiger partial charge in [-0.2, -0.15) is 15.8 Å². The van der Waals surface area contributed by atoms with Gasteiger partial charge in [-0.15, -0.1) is 0 Å². The molecule has 0 aliphatic heterocycles. The summed E-state index contributed by atoms with van der Waals surface area (Å²) in [6, 6.07) is 49.2. The third-order valence-corrected chi connectivity index (χ3v) is 8.42. The molecule has 8 aromatic rings. The average Bonchev–Trinajstić information content (AvgIpc) is 3.60. The molecule has 0 bridgehead atoms. The van der Waals surface area contributed by atoms with Crippen LogP contribution in [0.5, 0.6) is 0 Å². The number of hydrogen-bond acceptors (Lipinski definition) is 3. The number of fused-ring (bicyclic) bond motifs is 6. The summed E-state index contributed by atoms with van der Waals surface area (Å²) < 4.78 is 4.38. The third kappa shape index (κ3) is 3.63. The normalized spacial score (nSPS) is 11.1. The summed E-state index contributed by atoms with van der Waals surface area (Å²) in [5, 5.41) is 33.3. The van der Waals surface area contributed by atoms with Gasteiger partial charge in [-0.25, -0.2) is 0 Å². The van der Waals surface area contributed by atoms with Crippen LogP contribution in [0.25, 0.3) is 66.1 Å². The minimum atomic E-state index is 0.449. The van der Waals surface area contributed by atoms with Crippen LogP contribution >= 0.6 is 0 Å². The fraction of sp³-hybridized carbons (Fsp3) is 0. The summed E-state index contributed by atoms with van der Waals surface area (Å²) in [6.45, 7) is 0. The van der Waals surface area contributed by atoms with E-state index in [4.69, 9.17) is 0 Å². The standard InChI is InChI=1S/C39H21N5/c40-22-25-12-16-29(17-13-25)43-35-9-3-1-6-31(35)32-18-15-27(21-38(32)43)30-8-5-11-37-39(30)33-7-2-4-10-36(33)44(37)34-19-14-26(23-41)20-28(34)24-42/h1-21H. The molecule has 44 heavy (non-hydrogen) atoms. The van der Waals surface area contributed by atoms with Gasteiger partial charge in [-0.1, -0.05) is 60.7 Å². The summed E-state index contributed by atoms with van der Waals surface area (Å²) in [6.07, 6.45) is 0. The Balaban J connectivity index is 1.43. The van der Waals surface area contributed by atoms with Crippen molar-refractivity contribution < 1.29 is 0 Å². The molecule has 0 saturated heterocycles. The summed E-state index contributed by atoms with van der Waals surface area (Å²) in [7, 11) is 0. The van der Waals surface area contributed by atoms with Gasteiger partial charge in [0, 0.05) is 27.2 Å². The zero-order valence-electron chi connectivity index (χ0n) is 23.4. The molecule has 202 valence electrons. The Morgan fingerprint density at radius 1 is 0.455 bits per heavy atom. The number of para-hydroxylation sites is 2. The zero-order chi connectivity index (χ0) is 29.8. The molecule has 6 aromatic carbocycles. The lowest BCUT2D eigenvalue weighted by Crippen LogP contribution is -1.98. The van der Waals surface area contributed by atoms with E-state index < -0.39 is 0 Å². The van der Waals surface area contributed by atoms with Gasteiger partial charge in [0.25, 0.3) is 0 Å². The Morgan fingerprint density at radius 2 is 1.11 bits per heavy atom. The van der Waals surface area contributed by atoms with Gasteiger partial charge in [-0.3, -0.25) is 0 Å². The number of nitriles is 3. The second kappa shape index (κ2) is 9.74. The van der Waals surface area contributed by atoms with E-state index in [0.717, 1.165) is 66.1 Å². The van der Waals surface area contributed by atoms with E-state index in [1.54, 1.807) is 12.1 Å². The molecule has 2 aromatic heterocycles. The quantitative estimate of drug-likeness (QED) is 0.216. The highest BCUT2D eigenvalue weighted by Crippen LogP contribution is 2.41. The highest BCUT2D eigenvalue weighted by molar-refractivity contribution is 6.17. The molecule has 0 saturated carbocycles. The van der Waals surface area contributed by atoms with E-state index >= 15 is 0 Å². The van der Waals surface area contributed by atoms with Crippen LogP contribution in [0.3, 0.4) is 0 Å². The van der Waals surface area contributed by atoms with Gasteiger partial charge in [0.05, 0.1) is 56.6 Å². The van der Waals surface area contributed by atoms with Gasteiger partial charge in [0.1, 0.15) is 6.07 Å². The van der Waals surface area contributed by atoms with E-state index in [1.165, 1.54) is 0 Å². The van der Waals surface area contributed by atoms with Gasteiger partial charge < -0.3 is 9.13 Å². The molecule has 0 aliphatic rings. The molecule has 0 radical (unpaired) electrons. The molecule has 5 heteroatoms. The van der Waals surface area contributed by atoms with Crippen molar-refractivity contribution in [1.82, 2.24) is 9.13 Å². The van der Waals surface area contributed by atoms with Crippen molar-refractivity contribution in [3.8, 4) is 40.7 Å². The van der Waals surface area contributed by atoms with Gasteiger partial charge in [0.15, 0.2) is 0 Å². The first-order valence-corrected chi connectivity index (χ1v) is 14.2. The Labute approximate surface area is 252 Å². The van der Waals surface area contributed by atoms with Crippen LogP contribution in [0, 0.1) is 34.0 Å². The molecule has 0 unspecified atom stereocenters. The number of benzene rings is 6. The fourth-order valence-corrected chi connectivity index (χ4v) is 6.51. The predicted octanol–water partition coefficient (Wildman–Crippen LogP) is 9.16. The minimum absolute atomic E-state index is 0.449. The lowest BCUT2D eigenvalue weighted by Gasteiger charge is -2.11. The lowest BCUT2D eigenvalue weighted by molar-refractivity contribution is 1.16. The van der Waals surface area contributed by atoms with Gasteiger partial charge >= 0.3 is 0 Å². The highest BCUT2D eigenvalue weighted by Gasteiger charge is 2.19. The number of hydrogen-bond donors (Lipinski definition) is 0. The maximum atomic E-state index is 10.0. The summed E-state index contributed by atoms with van der Waals surface area (Å²) >= 11 is 0. The van der Waals surface area contributed by atoms with Crippen LogP contribution in [0.2, 0.25) is 0 Å². The highest BCUT2D eigenvalue weighted by atomic mass is 15.0. The second-order valence-electron chi connectivity index (χ2n) is 10.8. The molecule has 0 spiro atoms. The third-order valence-electron chi connectivity index (χ3n) is 8.42. The Kier molecular flexibility index (Phi) is 5.56. The molecule has 0 N–H and O–H groups in total. The monoisotopic (exact) mass is 559 g/mol. The van der Waals surface area contributed by atoms with Gasteiger partial charge in [0.2, 0.25) is 0 Å². The van der Waals surface area contributed by atoms with Crippen LogP contribution in [0.1, 0.15) is 16.7 Å². The fourth-order valence-electron chi connectivity index (χ4n) is 6.51. The summed E-state index contributed by atoms with van der Waals surface area (Å²) in [5.74, 6) is 0. The Morgan fingerprint density at radius 3 is 1.86 bits per heavy atom. The largest absolute Gasteiger partial charge is 0.309 e. The van der Waals surface area contributed by atoms with Crippen molar-refractivity contribution in [2.45, 2.75) is 0 Å². The number of nitrogens with zero attached hydrogens (tertiary/aromatic N) is 5. The molecule has 8 rings (SSSR count). The van der Waals surface area contributed by atoms with Crippen molar-refractivity contribution in [2.24, 2.45) is 0 Å². The minimum Gasteiger partial charge on any atom is -0.309 e. The van der Waals surface area contributed by atoms with Crippen LogP contribution in [-0.4, -0.2) is 9.13 Å². The topological polar surface area (TPSA) is 81.2 Å². The van der Waals surface area contributed by atoms with E-state index in [1.807, 2.05) is 42.5 Å². The van der Waals surface area contributed by atoms with Crippen molar-refractivity contribution in [1.29, 1.82) is 15.8 Å². The van der Waals surface area contributed by atoms with E-state index in [9.17, 15) is 15.8 Å². The molecule has 5 nitrogen and oxygen atoms in total. The molecular weight excluding hydrogens is 538 g/mol. The van der Waals surface area contributed by atoms with E-state index in [2.05, 4.69) is 100 Å². The summed E-state index contributed by atoms with van der Waals surface area (Å²) in [4.78, 5) is 0. The molecule has 0 amide bonds. The summed E-state index contributed by atoms with van der Waals surface area (Å²) in [5.41, 5.74) is 9.58. The van der Waals surface area contributed by atoms with E-state index in [-0.39, 0.29) is 0 Å². The smallest absolute Gasteiger partial charge is 0.101 e. The average molecular weight is 560 g/mol. The molecule has 0 fully saturated rings. The van der Waals surface area contributed by atoms with Crippen LogP contribution < -0.4 is 0 Å². The van der Waals surface area contributed by atoms with Crippen molar-refractivity contribution in [2.75, 3.05) is 0 Å². The first kappa shape index (κ1) is 25.1. The Bertz CT molecular complexity index is 2580. The lowest BCUT2D eigenvalue weighted by atomic mass is 9.98. The number of rotatable bonds is 3. The molecule has 0 atom stereocenters. The van der Waals surface area contributed by atoms with Crippen LogP contribution in [-0.2, 0) is 0 Å². The maximum Gasteiger partial charge on any atom is 0.101 e. The van der Waals surface area contributed by atoms with E-state index in [0.29, 0.717) is 16.7 Å². The maximum absolute atomic E-state index is 10.0. The van der Waals surface area contributed by atoms with Crippen LogP contribution in [0.15, 0.2) is 127 Å². The molecular formula is C39H21N5. The van der Waals surface area contributed by atoms with Crippen molar-refractivity contribution in [3.63, 3.8) is 0 Å². The van der Waals surface area contributed by atoms with Crippen molar-refractivity contribution >= 4 is 43.6 Å². The first-order chi connectivity index (χ1) is 21.7. The second-order valence-corrected chi connectivity index (χ2v) is 10.8. The van der Waals surface area contributed by atoms with Gasteiger partial charge in [-0.05, 0) is 77.9 Å².